The van der Waals surface area contributed by atoms with Gasteiger partial charge in [-0.15, -0.1) is 0 Å². The third-order valence-corrected chi connectivity index (χ3v) is 5.20. The number of anilines is 1. The van der Waals surface area contributed by atoms with Crippen molar-refractivity contribution >= 4 is 23.1 Å². The second-order valence-electron chi connectivity index (χ2n) is 5.91. The van der Waals surface area contributed by atoms with E-state index in [-0.39, 0.29) is 5.50 Å². The number of thioether (sulfide) groups is 1. The third-order valence-electron chi connectivity index (χ3n) is 4.07. The van der Waals surface area contributed by atoms with E-state index in [0.29, 0.717) is 0 Å². The molecular weight excluding hydrogens is 316 g/mol. The number of allylic oxidation sites excluding steroid dienone is 1. The Morgan fingerprint density at radius 2 is 1.79 bits per heavy atom. The maximum absolute atomic E-state index is 4.42. The zero-order valence-corrected chi connectivity index (χ0v) is 15.1. The summed E-state index contributed by atoms with van der Waals surface area (Å²) in [5.74, 6) is 0. The van der Waals surface area contributed by atoms with Crippen LogP contribution in [0, 0.1) is 0 Å². The van der Waals surface area contributed by atoms with Crippen molar-refractivity contribution in [2.45, 2.75) is 19.0 Å². The smallest absolute Gasteiger partial charge is 0.193 e. The fraction of sp³-hybridized carbons (Fsp3) is 0.263. The summed E-state index contributed by atoms with van der Waals surface area (Å²) in [7, 11) is 4.14. The molecule has 24 heavy (non-hydrogen) atoms. The van der Waals surface area contributed by atoms with Gasteiger partial charge in [-0.2, -0.15) is 10.2 Å². The second-order valence-corrected chi connectivity index (χ2v) is 6.84. The van der Waals surface area contributed by atoms with Crippen LogP contribution in [0.5, 0.6) is 0 Å². The Morgan fingerprint density at radius 3 is 2.42 bits per heavy atom. The van der Waals surface area contributed by atoms with E-state index in [1.54, 1.807) is 11.8 Å². The highest BCUT2D eigenvalue weighted by Gasteiger charge is 2.19. The molecule has 2 aromatic carbocycles. The zero-order valence-electron chi connectivity index (χ0n) is 14.3. The standard InChI is InChI=1S/C19H22N4S/c1-15-14-24-19(23(15)3)21-20-17-9-11-18(12-10-17)22(2)13-16-7-5-4-6-8-16/h4-12,14,19H,13H2,1-3H3. The van der Waals surface area contributed by atoms with Crippen LogP contribution < -0.4 is 4.90 Å². The van der Waals surface area contributed by atoms with Crippen LogP contribution in [0.15, 0.2) is 75.9 Å². The van der Waals surface area contributed by atoms with E-state index >= 15 is 0 Å². The molecule has 0 N–H and O–H groups in total. The highest BCUT2D eigenvalue weighted by atomic mass is 32.2. The molecule has 0 bridgehead atoms. The summed E-state index contributed by atoms with van der Waals surface area (Å²) in [4.78, 5) is 4.35. The van der Waals surface area contributed by atoms with Crippen molar-refractivity contribution in [1.82, 2.24) is 4.90 Å². The molecule has 0 amide bonds. The number of hydrogen-bond acceptors (Lipinski definition) is 5. The van der Waals surface area contributed by atoms with E-state index in [9.17, 15) is 0 Å². The van der Waals surface area contributed by atoms with Crippen molar-refractivity contribution in [2.24, 2.45) is 10.2 Å². The fourth-order valence-electron chi connectivity index (χ4n) is 2.45. The van der Waals surface area contributed by atoms with Gasteiger partial charge < -0.3 is 9.80 Å². The minimum Gasteiger partial charge on any atom is -0.370 e. The molecule has 1 aliphatic rings. The lowest BCUT2D eigenvalue weighted by atomic mass is 10.2. The van der Waals surface area contributed by atoms with Gasteiger partial charge in [0.25, 0.3) is 0 Å². The topological polar surface area (TPSA) is 31.2 Å². The lowest BCUT2D eigenvalue weighted by Gasteiger charge is -2.19. The van der Waals surface area contributed by atoms with Crippen LogP contribution >= 0.6 is 11.8 Å². The Balaban J connectivity index is 1.61. The largest absolute Gasteiger partial charge is 0.370 e. The molecule has 1 aliphatic heterocycles. The van der Waals surface area contributed by atoms with Gasteiger partial charge in [-0.05, 0) is 42.2 Å². The third kappa shape index (κ3) is 3.97. The summed E-state index contributed by atoms with van der Waals surface area (Å²) >= 11 is 1.68. The van der Waals surface area contributed by atoms with E-state index in [1.807, 2.05) is 25.2 Å². The molecule has 124 valence electrons. The van der Waals surface area contributed by atoms with Crippen molar-refractivity contribution in [3.05, 3.63) is 71.3 Å². The first-order valence-electron chi connectivity index (χ1n) is 7.94. The predicted molar refractivity (Wildman–Crippen MR) is 102 cm³/mol. The average Bonchev–Trinajstić information content (AvgIpc) is 2.93. The average molecular weight is 338 g/mol. The molecule has 3 rings (SSSR count). The molecule has 4 nitrogen and oxygen atoms in total. The first-order chi connectivity index (χ1) is 11.6. The lowest BCUT2D eigenvalue weighted by Crippen LogP contribution is -2.20. The lowest BCUT2D eigenvalue weighted by molar-refractivity contribution is 0.403. The van der Waals surface area contributed by atoms with E-state index in [4.69, 9.17) is 0 Å². The molecule has 0 aliphatic carbocycles. The normalized spacial score (nSPS) is 17.4. The maximum Gasteiger partial charge on any atom is 0.193 e. The number of benzene rings is 2. The monoisotopic (exact) mass is 338 g/mol. The van der Waals surface area contributed by atoms with Crippen molar-refractivity contribution < 1.29 is 0 Å². The van der Waals surface area contributed by atoms with Gasteiger partial charge in [0.1, 0.15) is 0 Å². The highest BCUT2D eigenvalue weighted by Crippen LogP contribution is 2.31. The quantitative estimate of drug-likeness (QED) is 0.700. The van der Waals surface area contributed by atoms with Gasteiger partial charge in [0.05, 0.1) is 5.69 Å². The van der Waals surface area contributed by atoms with Crippen LogP contribution in [-0.2, 0) is 6.54 Å². The van der Waals surface area contributed by atoms with E-state index < -0.39 is 0 Å². The molecule has 0 aromatic heterocycles. The van der Waals surface area contributed by atoms with Crippen molar-refractivity contribution in [2.75, 3.05) is 19.0 Å². The number of hydrogen-bond donors (Lipinski definition) is 0. The Hall–Kier alpha value is -2.27. The van der Waals surface area contributed by atoms with Crippen LogP contribution in [0.25, 0.3) is 0 Å². The maximum atomic E-state index is 4.42. The fourth-order valence-corrected chi connectivity index (χ4v) is 3.39. The molecule has 5 heteroatoms. The van der Waals surface area contributed by atoms with Crippen LogP contribution in [0.2, 0.25) is 0 Å². The zero-order chi connectivity index (χ0) is 16.9. The van der Waals surface area contributed by atoms with Crippen LogP contribution in [0.4, 0.5) is 11.4 Å². The van der Waals surface area contributed by atoms with E-state index in [2.05, 4.69) is 75.8 Å². The molecule has 1 unspecified atom stereocenters. The number of nitrogens with zero attached hydrogens (tertiary/aromatic N) is 4. The summed E-state index contributed by atoms with van der Waals surface area (Å²) in [6, 6.07) is 18.7. The van der Waals surface area contributed by atoms with Gasteiger partial charge in [0.2, 0.25) is 0 Å². The van der Waals surface area contributed by atoms with Gasteiger partial charge in [0, 0.05) is 32.0 Å². The predicted octanol–water partition coefficient (Wildman–Crippen LogP) is 5.23. The first kappa shape index (κ1) is 16.6. The summed E-state index contributed by atoms with van der Waals surface area (Å²) in [5, 5.41) is 10.9. The minimum atomic E-state index is 0.0467. The summed E-state index contributed by atoms with van der Waals surface area (Å²) < 4.78 is 0. The molecule has 0 saturated heterocycles. The van der Waals surface area contributed by atoms with Crippen molar-refractivity contribution in [3.63, 3.8) is 0 Å². The Bertz CT molecular complexity index is 725. The molecule has 0 spiro atoms. The summed E-state index contributed by atoms with van der Waals surface area (Å²) in [5.41, 5.74) is 4.62. The molecule has 1 atom stereocenters. The number of rotatable bonds is 5. The van der Waals surface area contributed by atoms with Gasteiger partial charge in [-0.25, -0.2) is 0 Å². The highest BCUT2D eigenvalue weighted by molar-refractivity contribution is 8.02. The van der Waals surface area contributed by atoms with Gasteiger partial charge in [-0.1, -0.05) is 42.1 Å². The Morgan fingerprint density at radius 1 is 1.08 bits per heavy atom. The van der Waals surface area contributed by atoms with E-state index in [0.717, 1.165) is 12.2 Å². The van der Waals surface area contributed by atoms with Crippen LogP contribution in [0.3, 0.4) is 0 Å². The van der Waals surface area contributed by atoms with Crippen molar-refractivity contribution in [3.8, 4) is 0 Å². The SMILES string of the molecule is CC1=CSC(N=Nc2ccc(N(C)Cc3ccccc3)cc2)N1C. The van der Waals surface area contributed by atoms with Crippen LogP contribution in [0.1, 0.15) is 12.5 Å². The molecule has 2 aromatic rings. The number of azo groups is 1. The Kier molecular flexibility index (Phi) is 5.20. The van der Waals surface area contributed by atoms with Gasteiger partial charge >= 0.3 is 0 Å². The van der Waals surface area contributed by atoms with Crippen molar-refractivity contribution in [1.29, 1.82) is 0 Å². The molecule has 0 saturated carbocycles. The van der Waals surface area contributed by atoms with Crippen LogP contribution in [-0.4, -0.2) is 24.5 Å². The summed E-state index contributed by atoms with van der Waals surface area (Å²) in [6.45, 7) is 2.97. The molecule has 0 fully saturated rings. The minimum absolute atomic E-state index is 0.0467. The first-order valence-corrected chi connectivity index (χ1v) is 8.89. The van der Waals surface area contributed by atoms with Gasteiger partial charge in [0.15, 0.2) is 5.50 Å². The van der Waals surface area contributed by atoms with Gasteiger partial charge in [-0.3, -0.25) is 0 Å². The summed E-state index contributed by atoms with van der Waals surface area (Å²) in [6.07, 6.45) is 0. The molecule has 1 heterocycles. The Labute approximate surface area is 147 Å². The molecule has 0 radical (unpaired) electrons. The molecular formula is C19H22N4S. The van der Waals surface area contributed by atoms with E-state index in [1.165, 1.54) is 16.9 Å². The second kappa shape index (κ2) is 7.53.